The smallest absolute Gasteiger partial charge is 0.252 e. The third-order valence-electron chi connectivity index (χ3n) is 3.47. The van der Waals surface area contributed by atoms with Gasteiger partial charge in [0.15, 0.2) is 0 Å². The largest absolute Gasteiger partial charge is 0.433 e. The van der Waals surface area contributed by atoms with E-state index in [9.17, 15) is 13.2 Å². The Morgan fingerprint density at radius 2 is 1.68 bits per heavy atom. The first kappa shape index (κ1) is 15.2. The van der Waals surface area contributed by atoms with Crippen molar-refractivity contribution >= 4 is 11.0 Å². The van der Waals surface area contributed by atoms with Gasteiger partial charge in [0.25, 0.3) is 5.95 Å². The Kier molecular flexibility index (Phi) is 3.41. The van der Waals surface area contributed by atoms with Gasteiger partial charge in [-0.25, -0.2) is 19.6 Å². The van der Waals surface area contributed by atoms with Crippen LogP contribution in [0.1, 0.15) is 5.69 Å². The van der Waals surface area contributed by atoms with Crippen LogP contribution in [0.25, 0.3) is 28.2 Å². The second kappa shape index (κ2) is 5.62. The van der Waals surface area contributed by atoms with Crippen LogP contribution in [0, 0.1) is 0 Å². The van der Waals surface area contributed by atoms with Crippen molar-refractivity contribution in [2.24, 2.45) is 0 Å². The lowest BCUT2D eigenvalue weighted by molar-refractivity contribution is -0.141. The standard InChI is InChI=1S/C16H9F3N6/c17-16(18,19)14-5-6-20-15(24-14)25-9-10(7-22-25)13-8-21-11-3-1-2-4-12(11)23-13/h1-9H. The minimum atomic E-state index is -4.54. The fraction of sp³-hybridized carbons (Fsp3) is 0.0625. The van der Waals surface area contributed by atoms with Gasteiger partial charge in [-0.1, -0.05) is 12.1 Å². The molecule has 1 aromatic carbocycles. The number of hydrogen-bond acceptors (Lipinski definition) is 5. The first-order valence-corrected chi connectivity index (χ1v) is 7.18. The number of para-hydroxylation sites is 2. The molecule has 0 radical (unpaired) electrons. The SMILES string of the molecule is FC(F)(F)c1ccnc(-n2cc(-c3cnc4ccccc4n3)cn2)n1. The van der Waals surface area contributed by atoms with E-state index in [1.165, 1.54) is 17.1 Å². The number of alkyl halides is 3. The zero-order valence-electron chi connectivity index (χ0n) is 12.5. The van der Waals surface area contributed by atoms with E-state index in [2.05, 4.69) is 25.0 Å². The third-order valence-corrected chi connectivity index (χ3v) is 3.47. The highest BCUT2D eigenvalue weighted by Gasteiger charge is 2.33. The Labute approximate surface area is 139 Å². The van der Waals surface area contributed by atoms with E-state index in [0.717, 1.165) is 17.8 Å². The van der Waals surface area contributed by atoms with Gasteiger partial charge in [0, 0.05) is 18.0 Å². The van der Waals surface area contributed by atoms with E-state index in [0.29, 0.717) is 16.8 Å². The van der Waals surface area contributed by atoms with Crippen LogP contribution in [-0.4, -0.2) is 29.7 Å². The van der Waals surface area contributed by atoms with Gasteiger partial charge in [-0.2, -0.15) is 18.3 Å². The lowest BCUT2D eigenvalue weighted by Gasteiger charge is -2.06. The number of nitrogens with zero attached hydrogens (tertiary/aromatic N) is 6. The highest BCUT2D eigenvalue weighted by molar-refractivity contribution is 5.76. The van der Waals surface area contributed by atoms with Crippen molar-refractivity contribution in [2.75, 3.05) is 0 Å². The normalized spacial score (nSPS) is 11.8. The zero-order valence-corrected chi connectivity index (χ0v) is 12.5. The summed E-state index contributed by atoms with van der Waals surface area (Å²) in [4.78, 5) is 16.1. The highest BCUT2D eigenvalue weighted by Crippen LogP contribution is 2.27. The van der Waals surface area contributed by atoms with Crippen molar-refractivity contribution in [3.05, 3.63) is 60.8 Å². The molecular weight excluding hydrogens is 333 g/mol. The molecule has 3 heterocycles. The van der Waals surface area contributed by atoms with E-state index in [1.807, 2.05) is 24.3 Å². The number of benzene rings is 1. The molecule has 3 aromatic heterocycles. The molecule has 0 N–H and O–H groups in total. The number of aromatic nitrogens is 6. The summed E-state index contributed by atoms with van der Waals surface area (Å²) in [5, 5.41) is 4.02. The molecule has 4 rings (SSSR count). The van der Waals surface area contributed by atoms with Crippen molar-refractivity contribution in [2.45, 2.75) is 6.18 Å². The lowest BCUT2D eigenvalue weighted by Crippen LogP contribution is -2.11. The second-order valence-electron chi connectivity index (χ2n) is 5.16. The van der Waals surface area contributed by atoms with Crippen LogP contribution in [-0.2, 0) is 6.18 Å². The number of hydrogen-bond donors (Lipinski definition) is 0. The highest BCUT2D eigenvalue weighted by atomic mass is 19.4. The van der Waals surface area contributed by atoms with Crippen LogP contribution in [0.2, 0.25) is 0 Å². The minimum Gasteiger partial charge on any atom is -0.252 e. The van der Waals surface area contributed by atoms with Crippen LogP contribution in [0.15, 0.2) is 55.1 Å². The van der Waals surface area contributed by atoms with E-state index in [-0.39, 0.29) is 5.95 Å². The first-order valence-electron chi connectivity index (χ1n) is 7.18. The molecule has 9 heteroatoms. The van der Waals surface area contributed by atoms with Gasteiger partial charge in [0.2, 0.25) is 0 Å². The number of fused-ring (bicyclic) bond motifs is 1. The van der Waals surface area contributed by atoms with Crippen molar-refractivity contribution in [1.29, 1.82) is 0 Å². The minimum absolute atomic E-state index is 0.171. The maximum atomic E-state index is 12.8. The van der Waals surface area contributed by atoms with Gasteiger partial charge in [-0.3, -0.25) is 4.98 Å². The molecule has 0 saturated heterocycles. The van der Waals surface area contributed by atoms with E-state index >= 15 is 0 Å². The summed E-state index contributed by atoms with van der Waals surface area (Å²) in [6, 6.07) is 8.18. The Hall–Kier alpha value is -3.36. The topological polar surface area (TPSA) is 69.4 Å². The molecule has 6 nitrogen and oxygen atoms in total. The second-order valence-corrected chi connectivity index (χ2v) is 5.16. The van der Waals surface area contributed by atoms with Crippen molar-refractivity contribution < 1.29 is 13.2 Å². The van der Waals surface area contributed by atoms with Crippen LogP contribution >= 0.6 is 0 Å². The molecule has 0 aliphatic carbocycles. The van der Waals surface area contributed by atoms with Gasteiger partial charge in [-0.05, 0) is 18.2 Å². The predicted octanol–water partition coefficient (Wildman–Crippen LogP) is 3.29. The maximum Gasteiger partial charge on any atom is 0.433 e. The van der Waals surface area contributed by atoms with Crippen molar-refractivity contribution in [3.8, 4) is 17.2 Å². The van der Waals surface area contributed by atoms with Crippen LogP contribution < -0.4 is 0 Å². The molecule has 25 heavy (non-hydrogen) atoms. The van der Waals surface area contributed by atoms with Crippen LogP contribution in [0.5, 0.6) is 0 Å². The lowest BCUT2D eigenvalue weighted by atomic mass is 10.2. The molecule has 0 aliphatic heterocycles. The molecule has 0 saturated carbocycles. The van der Waals surface area contributed by atoms with Crippen molar-refractivity contribution in [3.63, 3.8) is 0 Å². The maximum absolute atomic E-state index is 12.8. The monoisotopic (exact) mass is 342 g/mol. The van der Waals surface area contributed by atoms with Gasteiger partial charge < -0.3 is 0 Å². The van der Waals surface area contributed by atoms with Gasteiger partial charge in [-0.15, -0.1) is 0 Å². The average molecular weight is 342 g/mol. The Morgan fingerprint density at radius 3 is 2.48 bits per heavy atom. The molecule has 0 amide bonds. The van der Waals surface area contributed by atoms with E-state index in [1.54, 1.807) is 6.20 Å². The van der Waals surface area contributed by atoms with Gasteiger partial charge in [0.1, 0.15) is 5.69 Å². The molecule has 124 valence electrons. The fourth-order valence-corrected chi connectivity index (χ4v) is 2.28. The molecule has 0 aliphatic rings. The summed E-state index contributed by atoms with van der Waals surface area (Å²) in [5.41, 5.74) is 1.58. The third kappa shape index (κ3) is 2.91. The zero-order chi connectivity index (χ0) is 17.4. The molecule has 0 atom stereocenters. The Balaban J connectivity index is 1.72. The van der Waals surface area contributed by atoms with E-state index < -0.39 is 11.9 Å². The summed E-state index contributed by atoms with van der Waals surface area (Å²) in [6.07, 6.45) is 1.06. The number of halogens is 3. The van der Waals surface area contributed by atoms with Gasteiger partial charge in [0.05, 0.1) is 29.1 Å². The molecule has 4 aromatic rings. The average Bonchev–Trinajstić information content (AvgIpc) is 3.11. The van der Waals surface area contributed by atoms with Gasteiger partial charge >= 0.3 is 6.18 Å². The quantitative estimate of drug-likeness (QED) is 0.559. The molecule has 0 fully saturated rings. The molecular formula is C16H9F3N6. The predicted molar refractivity (Wildman–Crippen MR) is 82.7 cm³/mol. The Morgan fingerprint density at radius 1 is 0.880 bits per heavy atom. The summed E-state index contributed by atoms with van der Waals surface area (Å²) in [7, 11) is 0. The van der Waals surface area contributed by atoms with Crippen molar-refractivity contribution in [1.82, 2.24) is 29.7 Å². The summed E-state index contributed by atoms with van der Waals surface area (Å²) >= 11 is 0. The summed E-state index contributed by atoms with van der Waals surface area (Å²) < 4.78 is 39.5. The molecule has 0 unspecified atom stereocenters. The number of rotatable bonds is 2. The molecule has 0 bridgehead atoms. The summed E-state index contributed by atoms with van der Waals surface area (Å²) in [6.45, 7) is 0. The van der Waals surface area contributed by atoms with Crippen LogP contribution in [0.3, 0.4) is 0 Å². The fourth-order valence-electron chi connectivity index (χ4n) is 2.28. The van der Waals surface area contributed by atoms with E-state index in [4.69, 9.17) is 0 Å². The Bertz CT molecular complexity index is 1060. The molecule has 0 spiro atoms. The van der Waals surface area contributed by atoms with Crippen LogP contribution in [0.4, 0.5) is 13.2 Å². The summed E-state index contributed by atoms with van der Waals surface area (Å²) in [5.74, 6) is -0.171. The first-order chi connectivity index (χ1) is 12.0.